The molecule has 120 valence electrons. The number of nitrogens with one attached hydrogen (secondary N) is 2. The van der Waals surface area contributed by atoms with Crippen LogP contribution in [0.15, 0.2) is 36.1 Å². The second-order valence-electron chi connectivity index (χ2n) is 4.62. The zero-order valence-electron chi connectivity index (χ0n) is 12.5. The number of ether oxygens (including phenoxy) is 1. The van der Waals surface area contributed by atoms with Crippen LogP contribution in [0.25, 0.3) is 0 Å². The molecule has 2 N–H and O–H groups in total. The summed E-state index contributed by atoms with van der Waals surface area (Å²) in [6, 6.07) is 0. The second kappa shape index (κ2) is 10.4. The number of hydrogen-bond acceptors (Lipinski definition) is 6. The maximum atomic E-state index is 6.17. The molecule has 2 aliphatic rings. The summed E-state index contributed by atoms with van der Waals surface area (Å²) < 4.78 is 11.9. The van der Waals surface area contributed by atoms with Crippen molar-refractivity contribution < 1.29 is 9.26 Å². The van der Waals surface area contributed by atoms with Gasteiger partial charge in [0.1, 0.15) is 12.7 Å². The molecular weight excluding hydrogens is 335 g/mol. The summed E-state index contributed by atoms with van der Waals surface area (Å²) in [4.78, 5) is 0. The fourth-order valence-corrected chi connectivity index (χ4v) is 5.51. The lowest BCUT2D eigenvalue weighted by Gasteiger charge is -2.32. The predicted molar refractivity (Wildman–Crippen MR) is 98.5 cm³/mol. The fraction of sp³-hybridized carbons (Fsp3) is 0.467. The zero-order valence-corrected chi connectivity index (χ0v) is 15.1. The maximum Gasteiger partial charge on any atom is 0.212 e. The highest BCUT2D eigenvalue weighted by Crippen LogP contribution is 2.38. The molecule has 0 spiro atoms. The van der Waals surface area contributed by atoms with Crippen molar-refractivity contribution in [2.45, 2.75) is 18.6 Å². The van der Waals surface area contributed by atoms with Crippen LogP contribution in [-0.2, 0) is 9.26 Å². The molecule has 0 saturated carbocycles. The molecule has 1 saturated heterocycles. The SMILES string of the molecule is C#CCOC1CSSCC1OP(NC)NC=C1C=CC=CC1. The van der Waals surface area contributed by atoms with Gasteiger partial charge in [-0.25, -0.2) is 0 Å². The third kappa shape index (κ3) is 6.00. The molecule has 0 bridgehead atoms. The van der Waals surface area contributed by atoms with Gasteiger partial charge in [0.05, 0.1) is 6.10 Å². The molecule has 0 aromatic heterocycles. The Morgan fingerprint density at radius 2 is 2.23 bits per heavy atom. The van der Waals surface area contributed by atoms with Gasteiger partial charge in [-0.2, -0.15) is 0 Å². The highest BCUT2D eigenvalue weighted by Gasteiger charge is 2.30. The van der Waals surface area contributed by atoms with Crippen molar-refractivity contribution in [1.82, 2.24) is 10.2 Å². The quantitative estimate of drug-likeness (QED) is 0.415. The Balaban J connectivity index is 1.86. The number of hydrogen-bond donors (Lipinski definition) is 2. The molecule has 2 rings (SSSR count). The van der Waals surface area contributed by atoms with Crippen LogP contribution in [0.5, 0.6) is 0 Å². The summed E-state index contributed by atoms with van der Waals surface area (Å²) in [6.07, 6.45) is 16.7. The molecule has 1 aliphatic heterocycles. The normalized spacial score (nSPS) is 27.5. The van der Waals surface area contributed by atoms with Crippen molar-refractivity contribution in [1.29, 1.82) is 0 Å². The van der Waals surface area contributed by atoms with Gasteiger partial charge in [0, 0.05) is 17.7 Å². The summed E-state index contributed by atoms with van der Waals surface area (Å²) >= 11 is 0. The van der Waals surface area contributed by atoms with Gasteiger partial charge in [0.15, 0.2) is 0 Å². The Morgan fingerprint density at radius 3 is 2.91 bits per heavy atom. The van der Waals surface area contributed by atoms with Crippen LogP contribution in [0, 0.1) is 12.3 Å². The minimum absolute atomic E-state index is 0.0471. The van der Waals surface area contributed by atoms with Gasteiger partial charge < -0.3 is 14.3 Å². The zero-order chi connectivity index (χ0) is 15.6. The highest BCUT2D eigenvalue weighted by atomic mass is 33.1. The number of terminal acetylenes is 1. The summed E-state index contributed by atoms with van der Waals surface area (Å²) in [5.74, 6) is 4.33. The van der Waals surface area contributed by atoms with Crippen molar-refractivity contribution in [3.8, 4) is 12.3 Å². The van der Waals surface area contributed by atoms with Crippen molar-refractivity contribution in [2.24, 2.45) is 0 Å². The Kier molecular flexibility index (Phi) is 8.46. The molecule has 1 heterocycles. The van der Waals surface area contributed by atoms with Gasteiger partial charge in [0.25, 0.3) is 0 Å². The van der Waals surface area contributed by atoms with E-state index in [1.807, 2.05) is 40.9 Å². The first-order chi connectivity index (χ1) is 10.8. The van der Waals surface area contributed by atoms with Crippen LogP contribution in [0.4, 0.5) is 0 Å². The van der Waals surface area contributed by atoms with Crippen molar-refractivity contribution in [2.75, 3.05) is 25.2 Å². The third-order valence-corrected chi connectivity index (χ3v) is 6.73. The maximum absolute atomic E-state index is 6.17. The Labute approximate surface area is 141 Å². The first-order valence-corrected chi connectivity index (χ1v) is 10.8. The van der Waals surface area contributed by atoms with E-state index in [0.717, 1.165) is 17.9 Å². The first kappa shape index (κ1) is 17.9. The predicted octanol–water partition coefficient (Wildman–Crippen LogP) is 3.22. The smallest absolute Gasteiger partial charge is 0.212 e. The summed E-state index contributed by atoms with van der Waals surface area (Å²) in [5, 5.41) is 6.53. The van der Waals surface area contributed by atoms with Gasteiger partial charge in [-0.1, -0.05) is 51.8 Å². The van der Waals surface area contributed by atoms with Gasteiger partial charge in [0.2, 0.25) is 8.45 Å². The lowest BCUT2D eigenvalue weighted by molar-refractivity contribution is 0.0167. The monoisotopic (exact) mass is 356 g/mol. The molecule has 1 fully saturated rings. The lowest BCUT2D eigenvalue weighted by Crippen LogP contribution is -2.38. The molecular formula is C15H21N2O2PS2. The molecule has 0 aromatic rings. The molecule has 0 radical (unpaired) electrons. The van der Waals surface area contributed by atoms with E-state index in [2.05, 4.69) is 34.3 Å². The summed E-state index contributed by atoms with van der Waals surface area (Å²) in [5.41, 5.74) is 1.24. The minimum Gasteiger partial charge on any atom is -0.362 e. The van der Waals surface area contributed by atoms with E-state index in [0.29, 0.717) is 6.61 Å². The molecule has 3 unspecified atom stereocenters. The standard InChI is InChI=1S/C15H21N2O2PS2/c1-3-9-18-14-11-21-22-12-15(14)19-20(16-2)17-10-13-7-5-4-6-8-13/h1,4-7,10,14-17H,8-9,11-12H2,2H3. The molecule has 7 heteroatoms. The van der Waals surface area contributed by atoms with E-state index >= 15 is 0 Å². The van der Waals surface area contributed by atoms with Crippen molar-refractivity contribution >= 4 is 30.0 Å². The van der Waals surface area contributed by atoms with Crippen LogP contribution in [0.3, 0.4) is 0 Å². The molecule has 3 atom stereocenters. The average molecular weight is 356 g/mol. The van der Waals surface area contributed by atoms with E-state index in [1.165, 1.54) is 5.57 Å². The van der Waals surface area contributed by atoms with Crippen LogP contribution in [0.1, 0.15) is 6.42 Å². The van der Waals surface area contributed by atoms with Gasteiger partial charge in [-0.3, -0.25) is 5.09 Å². The van der Waals surface area contributed by atoms with E-state index < -0.39 is 8.45 Å². The second-order valence-corrected chi connectivity index (χ2v) is 8.68. The van der Waals surface area contributed by atoms with Gasteiger partial charge in [-0.15, -0.1) is 6.42 Å². The molecule has 4 nitrogen and oxygen atoms in total. The fourth-order valence-electron chi connectivity index (χ4n) is 1.92. The molecule has 0 amide bonds. The Morgan fingerprint density at radius 1 is 1.41 bits per heavy atom. The van der Waals surface area contributed by atoms with E-state index in [1.54, 1.807) is 0 Å². The summed E-state index contributed by atoms with van der Waals surface area (Å²) in [7, 11) is 4.59. The average Bonchev–Trinajstić information content (AvgIpc) is 2.58. The third-order valence-electron chi connectivity index (χ3n) is 3.07. The minimum atomic E-state index is -0.936. The Bertz CT molecular complexity index is 477. The van der Waals surface area contributed by atoms with Crippen molar-refractivity contribution in [3.05, 3.63) is 36.1 Å². The largest absolute Gasteiger partial charge is 0.362 e. The van der Waals surface area contributed by atoms with Crippen LogP contribution in [0.2, 0.25) is 0 Å². The van der Waals surface area contributed by atoms with Crippen LogP contribution >= 0.6 is 30.0 Å². The van der Waals surface area contributed by atoms with E-state index in [-0.39, 0.29) is 12.2 Å². The molecule has 22 heavy (non-hydrogen) atoms. The van der Waals surface area contributed by atoms with Crippen LogP contribution < -0.4 is 10.2 Å². The van der Waals surface area contributed by atoms with E-state index in [9.17, 15) is 0 Å². The number of allylic oxidation sites excluding steroid dienone is 5. The van der Waals surface area contributed by atoms with Gasteiger partial charge >= 0.3 is 0 Å². The first-order valence-electron chi connectivity index (χ1n) is 7.05. The molecule has 1 aliphatic carbocycles. The van der Waals surface area contributed by atoms with Gasteiger partial charge in [-0.05, 0) is 19.0 Å². The number of rotatable bonds is 7. The van der Waals surface area contributed by atoms with Crippen molar-refractivity contribution in [3.63, 3.8) is 0 Å². The summed E-state index contributed by atoms with van der Waals surface area (Å²) in [6.45, 7) is 0.335. The Hall–Kier alpha value is -0.410. The lowest BCUT2D eigenvalue weighted by atomic mass is 10.1. The topological polar surface area (TPSA) is 42.5 Å². The van der Waals surface area contributed by atoms with Crippen LogP contribution in [-0.4, -0.2) is 37.4 Å². The molecule has 0 aromatic carbocycles. The highest BCUT2D eigenvalue weighted by molar-refractivity contribution is 8.76. The van der Waals surface area contributed by atoms with E-state index in [4.69, 9.17) is 15.7 Å².